The lowest BCUT2D eigenvalue weighted by Crippen LogP contribution is -2.49. The van der Waals surface area contributed by atoms with Gasteiger partial charge in [-0.15, -0.1) is 0 Å². The summed E-state index contributed by atoms with van der Waals surface area (Å²) in [7, 11) is 0. The van der Waals surface area contributed by atoms with Crippen LogP contribution in [0, 0.1) is 11.3 Å². The van der Waals surface area contributed by atoms with Crippen LogP contribution in [0.1, 0.15) is 43.6 Å². The molecule has 1 fully saturated rings. The van der Waals surface area contributed by atoms with Gasteiger partial charge in [0.2, 0.25) is 5.82 Å². The van der Waals surface area contributed by atoms with Crippen LogP contribution in [0.2, 0.25) is 0 Å². The summed E-state index contributed by atoms with van der Waals surface area (Å²) in [5.41, 5.74) is 2.73. The molecule has 156 valence electrons. The fraction of sp³-hybridized carbons (Fsp3) is 0.250. The number of para-hydroxylation sites is 1. The maximum absolute atomic E-state index is 12.8. The summed E-state index contributed by atoms with van der Waals surface area (Å²) in [4.78, 5) is 21.2. The lowest BCUT2D eigenvalue weighted by Gasteiger charge is -2.37. The van der Waals surface area contributed by atoms with Gasteiger partial charge < -0.3 is 16.0 Å². The first kappa shape index (κ1) is 20.4. The second-order valence-electron chi connectivity index (χ2n) is 7.67. The number of nitrogens with zero attached hydrogens (tertiary/aromatic N) is 3. The maximum Gasteiger partial charge on any atom is 0.319 e. The fourth-order valence-electron chi connectivity index (χ4n) is 3.98. The van der Waals surface area contributed by atoms with E-state index in [-0.39, 0.29) is 11.9 Å². The first-order chi connectivity index (χ1) is 15.2. The molecule has 1 saturated carbocycles. The molecule has 3 N–H and O–H groups in total. The van der Waals surface area contributed by atoms with E-state index in [9.17, 15) is 4.79 Å². The molecule has 2 amide bonds. The van der Waals surface area contributed by atoms with Crippen LogP contribution in [0.3, 0.4) is 0 Å². The molecule has 1 heterocycles. The highest BCUT2D eigenvalue weighted by atomic mass is 16.2. The Hall–Kier alpha value is -3.92. The predicted octanol–water partition coefficient (Wildman–Crippen LogP) is 5.07. The first-order valence-corrected chi connectivity index (χ1v) is 10.4. The van der Waals surface area contributed by atoms with Gasteiger partial charge in [0.05, 0.1) is 11.2 Å². The summed E-state index contributed by atoms with van der Waals surface area (Å²) in [5, 5.41) is 18.5. The van der Waals surface area contributed by atoms with Gasteiger partial charge in [0.15, 0.2) is 0 Å². The third kappa shape index (κ3) is 4.98. The molecule has 1 aliphatic rings. The van der Waals surface area contributed by atoms with Crippen molar-refractivity contribution in [2.75, 3.05) is 10.6 Å². The summed E-state index contributed by atoms with van der Waals surface area (Å²) >= 11 is 0. The quantitative estimate of drug-likeness (QED) is 0.543. The topological polar surface area (TPSA) is 103 Å². The third-order valence-corrected chi connectivity index (χ3v) is 5.51. The Labute approximate surface area is 181 Å². The largest absolute Gasteiger partial charge is 0.356 e. The van der Waals surface area contributed by atoms with E-state index >= 15 is 0 Å². The molecule has 31 heavy (non-hydrogen) atoms. The van der Waals surface area contributed by atoms with Gasteiger partial charge in [-0.1, -0.05) is 37.5 Å². The molecule has 1 aliphatic carbocycles. The van der Waals surface area contributed by atoms with E-state index in [4.69, 9.17) is 5.26 Å². The van der Waals surface area contributed by atoms with Gasteiger partial charge in [-0.3, -0.25) is 0 Å². The van der Waals surface area contributed by atoms with Crippen LogP contribution in [0.25, 0.3) is 0 Å². The maximum atomic E-state index is 12.8. The van der Waals surface area contributed by atoms with Crippen molar-refractivity contribution >= 4 is 23.1 Å². The first-order valence-electron chi connectivity index (χ1n) is 10.4. The normalized spacial score (nSPS) is 14.8. The third-order valence-electron chi connectivity index (χ3n) is 5.51. The molecule has 1 aromatic heterocycles. The molecule has 4 rings (SSSR count). The van der Waals surface area contributed by atoms with E-state index < -0.39 is 5.54 Å². The van der Waals surface area contributed by atoms with E-state index in [0.29, 0.717) is 11.4 Å². The van der Waals surface area contributed by atoms with E-state index in [1.165, 1.54) is 0 Å². The number of nitriles is 1. The van der Waals surface area contributed by atoms with Crippen LogP contribution in [0.5, 0.6) is 0 Å². The van der Waals surface area contributed by atoms with Crippen molar-refractivity contribution in [1.29, 1.82) is 5.26 Å². The highest BCUT2D eigenvalue weighted by molar-refractivity contribution is 5.90. The van der Waals surface area contributed by atoms with Crippen molar-refractivity contribution in [1.82, 2.24) is 15.3 Å². The Balaban J connectivity index is 1.45. The summed E-state index contributed by atoms with van der Waals surface area (Å²) in [6, 6.07) is 20.9. The van der Waals surface area contributed by atoms with Crippen molar-refractivity contribution in [3.8, 4) is 6.07 Å². The molecular formula is C24H24N6O. The highest BCUT2D eigenvalue weighted by Gasteiger charge is 2.37. The number of carbonyl (C=O) groups is 1. The molecular weight excluding hydrogens is 388 g/mol. The molecule has 3 aromatic rings. The van der Waals surface area contributed by atoms with E-state index in [1.807, 2.05) is 60.7 Å². The standard InChI is InChI=1S/C24H24N6O/c25-17-22-26-16-13-21(29-22)24(14-5-2-6-15-24)30-23(31)28-20-11-9-19(10-12-20)27-18-7-3-1-4-8-18/h1,3-4,7-13,16,27H,2,5-6,14-15H2,(H2,28,30,31). The van der Waals surface area contributed by atoms with Gasteiger partial charge in [-0.25, -0.2) is 14.8 Å². The molecule has 7 nitrogen and oxygen atoms in total. The van der Waals surface area contributed by atoms with Gasteiger partial charge in [0.1, 0.15) is 6.07 Å². The SMILES string of the molecule is N#Cc1nccc(C2(NC(=O)Nc3ccc(Nc4ccccc4)cc3)CCCCC2)n1. The van der Waals surface area contributed by atoms with Gasteiger partial charge in [-0.05, 0) is 55.3 Å². The molecule has 2 aromatic carbocycles. The number of nitrogens with one attached hydrogen (secondary N) is 3. The predicted molar refractivity (Wildman–Crippen MR) is 120 cm³/mol. The van der Waals surface area contributed by atoms with E-state index in [2.05, 4.69) is 25.9 Å². The molecule has 0 aliphatic heterocycles. The van der Waals surface area contributed by atoms with Gasteiger partial charge in [0.25, 0.3) is 0 Å². The number of aromatic nitrogens is 2. The number of amides is 2. The molecule has 0 atom stereocenters. The van der Waals surface area contributed by atoms with Crippen LogP contribution >= 0.6 is 0 Å². The van der Waals surface area contributed by atoms with Gasteiger partial charge in [-0.2, -0.15) is 5.26 Å². The van der Waals surface area contributed by atoms with Crippen LogP contribution in [0.4, 0.5) is 21.9 Å². The van der Waals surface area contributed by atoms with Crippen LogP contribution < -0.4 is 16.0 Å². The van der Waals surface area contributed by atoms with Crippen molar-refractivity contribution in [2.24, 2.45) is 0 Å². The lowest BCUT2D eigenvalue weighted by atomic mass is 9.79. The van der Waals surface area contributed by atoms with Crippen LogP contribution in [-0.2, 0) is 5.54 Å². The number of rotatable bonds is 5. The molecule has 0 unspecified atom stereocenters. The zero-order chi connectivity index (χ0) is 21.5. The number of hydrogen-bond acceptors (Lipinski definition) is 5. The fourth-order valence-corrected chi connectivity index (χ4v) is 3.98. The Bertz CT molecular complexity index is 1070. The smallest absolute Gasteiger partial charge is 0.319 e. The van der Waals surface area contributed by atoms with Crippen molar-refractivity contribution in [2.45, 2.75) is 37.6 Å². The van der Waals surface area contributed by atoms with Crippen molar-refractivity contribution in [3.63, 3.8) is 0 Å². The molecule has 0 saturated heterocycles. The van der Waals surface area contributed by atoms with E-state index in [1.54, 1.807) is 12.3 Å². The monoisotopic (exact) mass is 412 g/mol. The minimum atomic E-state index is -0.592. The van der Waals surface area contributed by atoms with Crippen molar-refractivity contribution < 1.29 is 4.79 Å². The molecule has 0 bridgehead atoms. The Morgan fingerprint density at radius 3 is 2.29 bits per heavy atom. The van der Waals surface area contributed by atoms with E-state index in [0.717, 1.165) is 43.5 Å². The Morgan fingerprint density at radius 2 is 1.58 bits per heavy atom. The number of benzene rings is 2. The molecule has 7 heteroatoms. The number of carbonyl (C=O) groups excluding carboxylic acids is 1. The lowest BCUT2D eigenvalue weighted by molar-refractivity contribution is 0.209. The summed E-state index contributed by atoms with van der Waals surface area (Å²) < 4.78 is 0. The van der Waals surface area contributed by atoms with Crippen LogP contribution in [0.15, 0.2) is 66.9 Å². The average molecular weight is 412 g/mol. The summed E-state index contributed by atoms with van der Waals surface area (Å²) in [6.45, 7) is 0. The Kier molecular flexibility index (Phi) is 6.08. The number of urea groups is 1. The summed E-state index contributed by atoms with van der Waals surface area (Å²) in [6.07, 6.45) is 6.24. The van der Waals surface area contributed by atoms with Gasteiger partial charge in [0, 0.05) is 23.3 Å². The second kappa shape index (κ2) is 9.26. The average Bonchev–Trinajstić information content (AvgIpc) is 2.81. The zero-order valence-corrected chi connectivity index (χ0v) is 17.1. The summed E-state index contributed by atoms with van der Waals surface area (Å²) in [5.74, 6) is 0.117. The van der Waals surface area contributed by atoms with Crippen molar-refractivity contribution in [3.05, 3.63) is 78.4 Å². The minimum Gasteiger partial charge on any atom is -0.356 e. The van der Waals surface area contributed by atoms with Crippen LogP contribution in [-0.4, -0.2) is 16.0 Å². The Morgan fingerprint density at radius 1 is 0.903 bits per heavy atom. The number of anilines is 3. The minimum absolute atomic E-state index is 0.117. The zero-order valence-electron chi connectivity index (χ0n) is 17.1. The second-order valence-corrected chi connectivity index (χ2v) is 7.67. The highest BCUT2D eigenvalue weighted by Crippen LogP contribution is 2.36. The number of hydrogen-bond donors (Lipinski definition) is 3. The van der Waals surface area contributed by atoms with Gasteiger partial charge >= 0.3 is 6.03 Å². The molecule has 0 radical (unpaired) electrons. The molecule has 0 spiro atoms.